The first kappa shape index (κ1) is 19.2. The summed E-state index contributed by atoms with van der Waals surface area (Å²) in [5.74, 6) is 1.10. The number of nitrogens with one attached hydrogen (secondary N) is 1. The van der Waals surface area contributed by atoms with E-state index in [1.54, 1.807) is 18.6 Å². The fourth-order valence-electron chi connectivity index (χ4n) is 3.86. The van der Waals surface area contributed by atoms with Crippen LogP contribution in [0.5, 0.6) is 11.6 Å². The maximum atomic E-state index is 13.2. The number of carbonyl (C=O) groups is 1. The summed E-state index contributed by atoms with van der Waals surface area (Å²) in [5.41, 5.74) is 0.614. The highest BCUT2D eigenvalue weighted by molar-refractivity contribution is 6.09. The molecule has 1 aliphatic rings. The molecule has 1 aliphatic carbocycles. The second kappa shape index (κ2) is 8.90. The van der Waals surface area contributed by atoms with Gasteiger partial charge in [-0.15, -0.1) is 0 Å². The van der Waals surface area contributed by atoms with Crippen molar-refractivity contribution in [2.24, 2.45) is 0 Å². The number of fused-ring (bicyclic) bond motifs is 1. The molecule has 1 heterocycles. The molecule has 0 bridgehead atoms. The summed E-state index contributed by atoms with van der Waals surface area (Å²) in [6, 6.07) is 11.9. The summed E-state index contributed by atoms with van der Waals surface area (Å²) in [7, 11) is 0. The normalized spacial score (nSPS) is 18.9. The molecule has 0 atom stereocenters. The summed E-state index contributed by atoms with van der Waals surface area (Å²) in [6.45, 7) is 2.44. The number of amides is 1. The van der Waals surface area contributed by atoms with Crippen molar-refractivity contribution in [3.63, 3.8) is 0 Å². The van der Waals surface area contributed by atoms with Crippen molar-refractivity contribution in [2.45, 2.75) is 44.8 Å². The topological polar surface area (TPSA) is 73.3 Å². The smallest absolute Gasteiger partial charge is 0.255 e. The average Bonchev–Trinajstić information content (AvgIpc) is 2.76. The van der Waals surface area contributed by atoms with E-state index < -0.39 is 0 Å². The zero-order chi connectivity index (χ0) is 20.1. The summed E-state index contributed by atoms with van der Waals surface area (Å²) >= 11 is 0. The van der Waals surface area contributed by atoms with Gasteiger partial charge in [0.15, 0.2) is 0 Å². The van der Waals surface area contributed by atoms with Crippen molar-refractivity contribution in [3.8, 4) is 11.6 Å². The SMILES string of the molecule is CCOc1ccc2ccccc2c1C(=O)NC1CCC(Oc2cnccn2)CC1. The monoisotopic (exact) mass is 391 g/mol. The molecule has 6 heteroatoms. The van der Waals surface area contributed by atoms with Crippen LogP contribution in [0.2, 0.25) is 0 Å². The molecule has 3 aromatic rings. The van der Waals surface area contributed by atoms with Gasteiger partial charge in [-0.2, -0.15) is 0 Å². The van der Waals surface area contributed by atoms with Gasteiger partial charge in [0, 0.05) is 18.4 Å². The molecule has 150 valence electrons. The number of aromatic nitrogens is 2. The van der Waals surface area contributed by atoms with Crippen molar-refractivity contribution in [3.05, 3.63) is 60.6 Å². The molecule has 29 heavy (non-hydrogen) atoms. The fourth-order valence-corrected chi connectivity index (χ4v) is 3.86. The van der Waals surface area contributed by atoms with E-state index in [2.05, 4.69) is 15.3 Å². The van der Waals surface area contributed by atoms with Crippen molar-refractivity contribution >= 4 is 16.7 Å². The van der Waals surface area contributed by atoms with Crippen LogP contribution in [0.4, 0.5) is 0 Å². The van der Waals surface area contributed by atoms with Crippen LogP contribution in [-0.4, -0.2) is 34.6 Å². The molecule has 1 aromatic heterocycles. The van der Waals surface area contributed by atoms with Crippen LogP contribution in [-0.2, 0) is 0 Å². The highest BCUT2D eigenvalue weighted by atomic mass is 16.5. The first-order valence-electron chi connectivity index (χ1n) is 10.1. The average molecular weight is 391 g/mol. The van der Waals surface area contributed by atoms with Crippen LogP contribution in [0.25, 0.3) is 10.8 Å². The second-order valence-electron chi connectivity index (χ2n) is 7.20. The van der Waals surface area contributed by atoms with E-state index >= 15 is 0 Å². The van der Waals surface area contributed by atoms with Crippen molar-refractivity contribution in [2.75, 3.05) is 6.61 Å². The van der Waals surface area contributed by atoms with E-state index in [-0.39, 0.29) is 18.1 Å². The molecular weight excluding hydrogens is 366 g/mol. The van der Waals surface area contributed by atoms with Gasteiger partial charge in [-0.3, -0.25) is 9.78 Å². The molecule has 4 rings (SSSR count). The lowest BCUT2D eigenvalue weighted by Gasteiger charge is -2.29. The summed E-state index contributed by atoms with van der Waals surface area (Å²) in [4.78, 5) is 21.4. The second-order valence-corrected chi connectivity index (χ2v) is 7.20. The summed E-state index contributed by atoms with van der Waals surface area (Å²) in [5, 5.41) is 5.15. The number of hydrogen-bond donors (Lipinski definition) is 1. The maximum Gasteiger partial charge on any atom is 0.255 e. The first-order valence-corrected chi connectivity index (χ1v) is 10.1. The van der Waals surface area contributed by atoms with Crippen molar-refractivity contribution in [1.29, 1.82) is 0 Å². The minimum atomic E-state index is -0.0801. The Balaban J connectivity index is 1.43. The fraction of sp³-hybridized carbons (Fsp3) is 0.348. The molecule has 1 amide bonds. The third kappa shape index (κ3) is 4.47. The zero-order valence-electron chi connectivity index (χ0n) is 16.5. The molecule has 6 nitrogen and oxygen atoms in total. The number of hydrogen-bond acceptors (Lipinski definition) is 5. The van der Waals surface area contributed by atoms with Crippen LogP contribution < -0.4 is 14.8 Å². The Bertz CT molecular complexity index is 970. The van der Waals surface area contributed by atoms with Crippen molar-refractivity contribution in [1.82, 2.24) is 15.3 Å². The molecule has 1 saturated carbocycles. The number of carbonyl (C=O) groups excluding carboxylic acids is 1. The predicted molar refractivity (Wildman–Crippen MR) is 111 cm³/mol. The Labute approximate surface area is 170 Å². The van der Waals surface area contributed by atoms with Gasteiger partial charge in [-0.25, -0.2) is 4.98 Å². The molecule has 1 fully saturated rings. The minimum absolute atomic E-state index is 0.0801. The van der Waals surface area contributed by atoms with Crippen LogP contribution in [0.15, 0.2) is 55.0 Å². The molecule has 0 radical (unpaired) electrons. The first-order chi connectivity index (χ1) is 14.2. The van der Waals surface area contributed by atoms with Gasteiger partial charge >= 0.3 is 0 Å². The van der Waals surface area contributed by atoms with Crippen molar-refractivity contribution < 1.29 is 14.3 Å². The van der Waals surface area contributed by atoms with Crippen LogP contribution in [0, 0.1) is 0 Å². The van der Waals surface area contributed by atoms with Crippen LogP contribution in [0.1, 0.15) is 43.0 Å². The Morgan fingerprint density at radius 1 is 1.10 bits per heavy atom. The van der Waals surface area contributed by atoms with E-state index in [1.165, 1.54) is 0 Å². The summed E-state index contributed by atoms with van der Waals surface area (Å²) < 4.78 is 11.6. The maximum absolute atomic E-state index is 13.2. The van der Waals surface area contributed by atoms with E-state index in [9.17, 15) is 4.79 Å². The number of rotatable bonds is 6. The predicted octanol–water partition coefficient (Wildman–Crippen LogP) is 4.15. The Morgan fingerprint density at radius 2 is 1.93 bits per heavy atom. The molecule has 0 unspecified atom stereocenters. The quantitative estimate of drug-likeness (QED) is 0.683. The lowest BCUT2D eigenvalue weighted by atomic mass is 9.92. The highest BCUT2D eigenvalue weighted by Crippen LogP contribution is 2.29. The Hall–Kier alpha value is -3.15. The summed E-state index contributed by atoms with van der Waals surface area (Å²) in [6.07, 6.45) is 8.46. The lowest BCUT2D eigenvalue weighted by Crippen LogP contribution is -2.40. The van der Waals surface area contributed by atoms with E-state index in [1.807, 2.05) is 43.3 Å². The molecular formula is C23H25N3O3. The molecule has 2 aromatic carbocycles. The van der Waals surface area contributed by atoms with Gasteiger partial charge in [0.1, 0.15) is 11.9 Å². The Morgan fingerprint density at radius 3 is 2.69 bits per heavy atom. The molecule has 0 aliphatic heterocycles. The largest absolute Gasteiger partial charge is 0.493 e. The van der Waals surface area contributed by atoms with Gasteiger partial charge < -0.3 is 14.8 Å². The van der Waals surface area contributed by atoms with Gasteiger partial charge in [-0.1, -0.05) is 30.3 Å². The molecule has 1 N–H and O–H groups in total. The van der Waals surface area contributed by atoms with Gasteiger partial charge in [0.25, 0.3) is 5.91 Å². The lowest BCUT2D eigenvalue weighted by molar-refractivity contribution is 0.0888. The minimum Gasteiger partial charge on any atom is -0.493 e. The van der Waals surface area contributed by atoms with Gasteiger partial charge in [0.05, 0.1) is 18.4 Å². The van der Waals surface area contributed by atoms with E-state index in [0.717, 1.165) is 36.5 Å². The molecule has 0 saturated heterocycles. The number of nitrogens with zero attached hydrogens (tertiary/aromatic N) is 2. The number of benzene rings is 2. The molecule has 0 spiro atoms. The third-order valence-corrected chi connectivity index (χ3v) is 5.25. The van der Waals surface area contributed by atoms with Crippen LogP contribution >= 0.6 is 0 Å². The zero-order valence-corrected chi connectivity index (χ0v) is 16.5. The highest BCUT2D eigenvalue weighted by Gasteiger charge is 2.26. The van der Waals surface area contributed by atoms with E-state index in [0.29, 0.717) is 23.8 Å². The van der Waals surface area contributed by atoms with Crippen LogP contribution in [0.3, 0.4) is 0 Å². The van der Waals surface area contributed by atoms with E-state index in [4.69, 9.17) is 9.47 Å². The Kier molecular flexibility index (Phi) is 5.89. The standard InChI is InChI=1S/C23H25N3O3/c1-2-28-20-12-7-16-5-3-4-6-19(16)22(20)23(27)26-17-8-10-18(11-9-17)29-21-15-24-13-14-25-21/h3-7,12-15,17-18H,2,8-11H2,1H3,(H,26,27). The third-order valence-electron chi connectivity index (χ3n) is 5.25. The van der Waals surface area contributed by atoms with Gasteiger partial charge in [0.2, 0.25) is 5.88 Å². The number of ether oxygens (including phenoxy) is 2. The van der Waals surface area contributed by atoms with Gasteiger partial charge in [-0.05, 0) is 49.4 Å².